The predicted octanol–water partition coefficient (Wildman–Crippen LogP) is 4.36. The lowest BCUT2D eigenvalue weighted by atomic mass is 10.0. The van der Waals surface area contributed by atoms with Crippen LogP contribution in [0.15, 0.2) is 42.5 Å². The van der Waals surface area contributed by atoms with Crippen LogP contribution in [0, 0.1) is 6.92 Å². The molecule has 1 rings (SSSR count). The average molecular weight is 186 g/mol. The first-order chi connectivity index (χ1) is 6.75. The van der Waals surface area contributed by atoms with Gasteiger partial charge in [-0.15, -0.1) is 0 Å². The second-order valence-corrected chi connectivity index (χ2v) is 3.51. The molecule has 0 unspecified atom stereocenters. The molecule has 0 atom stereocenters. The fraction of sp³-hybridized carbons (Fsp3) is 0.286. The fourth-order valence-electron chi connectivity index (χ4n) is 1.51. The molecule has 0 saturated heterocycles. The molecule has 0 aliphatic heterocycles. The van der Waals surface area contributed by atoms with Crippen LogP contribution in [0.2, 0.25) is 0 Å². The lowest BCUT2D eigenvalue weighted by Crippen LogP contribution is -1.84. The van der Waals surface area contributed by atoms with Crippen molar-refractivity contribution in [3.63, 3.8) is 0 Å². The van der Waals surface area contributed by atoms with E-state index in [2.05, 4.69) is 63.3 Å². The van der Waals surface area contributed by atoms with E-state index in [0.29, 0.717) is 0 Å². The van der Waals surface area contributed by atoms with Crippen molar-refractivity contribution in [2.24, 2.45) is 0 Å². The van der Waals surface area contributed by atoms with Gasteiger partial charge in [0.1, 0.15) is 0 Å². The summed E-state index contributed by atoms with van der Waals surface area (Å²) < 4.78 is 0. The van der Waals surface area contributed by atoms with Crippen molar-refractivity contribution in [2.75, 3.05) is 0 Å². The van der Waals surface area contributed by atoms with Gasteiger partial charge in [0, 0.05) is 0 Å². The number of benzene rings is 1. The summed E-state index contributed by atoms with van der Waals surface area (Å²) in [5.41, 5.74) is 4.07. The number of allylic oxidation sites excluding steroid dienone is 4. The van der Waals surface area contributed by atoms with Gasteiger partial charge in [0.15, 0.2) is 0 Å². The van der Waals surface area contributed by atoms with E-state index in [-0.39, 0.29) is 0 Å². The van der Waals surface area contributed by atoms with Crippen molar-refractivity contribution >= 4 is 5.57 Å². The molecule has 0 saturated carbocycles. The molecule has 0 heterocycles. The van der Waals surface area contributed by atoms with Crippen molar-refractivity contribution in [2.45, 2.75) is 27.2 Å². The monoisotopic (exact) mass is 186 g/mol. The summed E-state index contributed by atoms with van der Waals surface area (Å²) in [7, 11) is 0. The van der Waals surface area contributed by atoms with Gasteiger partial charge in [0.25, 0.3) is 0 Å². The highest BCUT2D eigenvalue weighted by molar-refractivity contribution is 5.66. The molecule has 0 nitrogen and oxygen atoms in total. The summed E-state index contributed by atoms with van der Waals surface area (Å²) in [6, 6.07) is 8.51. The molecule has 74 valence electrons. The fourth-order valence-corrected chi connectivity index (χ4v) is 1.51. The van der Waals surface area contributed by atoms with Crippen molar-refractivity contribution in [3.05, 3.63) is 53.6 Å². The Morgan fingerprint density at radius 3 is 2.64 bits per heavy atom. The summed E-state index contributed by atoms with van der Waals surface area (Å²) in [6.07, 6.45) is 7.54. The van der Waals surface area contributed by atoms with Crippen LogP contribution in [0.4, 0.5) is 0 Å². The van der Waals surface area contributed by atoms with E-state index < -0.39 is 0 Å². The van der Waals surface area contributed by atoms with Gasteiger partial charge in [-0.05, 0) is 43.9 Å². The highest BCUT2D eigenvalue weighted by Crippen LogP contribution is 2.18. The smallest absolute Gasteiger partial charge is 0.0163 e. The molecular weight excluding hydrogens is 168 g/mol. The standard InChI is InChI=1S/C14H18/c1-4-5-6-9-12(2)14-11-8-7-10-13(14)3/h4-5,7-11H,6H2,1-3H3/b5-4-,12-9-. The molecule has 0 aromatic heterocycles. The summed E-state index contributed by atoms with van der Waals surface area (Å²) in [5, 5.41) is 0. The zero-order valence-electron chi connectivity index (χ0n) is 9.25. The zero-order valence-corrected chi connectivity index (χ0v) is 9.25. The number of aryl methyl sites for hydroxylation is 1. The minimum Gasteiger partial charge on any atom is -0.0914 e. The van der Waals surface area contributed by atoms with Crippen LogP contribution in [0.1, 0.15) is 31.4 Å². The molecule has 1 aromatic rings. The van der Waals surface area contributed by atoms with Gasteiger partial charge >= 0.3 is 0 Å². The maximum absolute atomic E-state index is 2.27. The van der Waals surface area contributed by atoms with E-state index in [1.54, 1.807) is 0 Å². The molecule has 0 N–H and O–H groups in total. The van der Waals surface area contributed by atoms with Gasteiger partial charge in [-0.1, -0.05) is 42.5 Å². The molecular formula is C14H18. The first-order valence-electron chi connectivity index (χ1n) is 5.09. The molecule has 0 radical (unpaired) electrons. The molecule has 0 bridgehead atoms. The molecule has 0 aliphatic rings. The third-order valence-electron chi connectivity index (χ3n) is 2.37. The minimum absolute atomic E-state index is 1.02. The van der Waals surface area contributed by atoms with Gasteiger partial charge in [-0.2, -0.15) is 0 Å². The first kappa shape index (κ1) is 10.8. The van der Waals surface area contributed by atoms with Crippen molar-refractivity contribution in [1.29, 1.82) is 0 Å². The van der Waals surface area contributed by atoms with Crippen LogP contribution in [0.5, 0.6) is 0 Å². The largest absolute Gasteiger partial charge is 0.0914 e. The second kappa shape index (κ2) is 5.43. The van der Waals surface area contributed by atoms with E-state index in [0.717, 1.165) is 6.42 Å². The number of hydrogen-bond donors (Lipinski definition) is 0. The quantitative estimate of drug-likeness (QED) is 0.615. The summed E-state index contributed by atoms with van der Waals surface area (Å²) in [5.74, 6) is 0. The molecule has 0 aliphatic carbocycles. The molecule has 0 fully saturated rings. The Balaban J connectivity index is 2.83. The van der Waals surface area contributed by atoms with Crippen LogP contribution < -0.4 is 0 Å². The van der Waals surface area contributed by atoms with Gasteiger partial charge in [-0.25, -0.2) is 0 Å². The topological polar surface area (TPSA) is 0 Å². The molecule has 1 aromatic carbocycles. The SMILES string of the molecule is C/C=C\C/C=C(/C)c1ccccc1C. The molecule has 14 heavy (non-hydrogen) atoms. The zero-order chi connectivity index (χ0) is 10.4. The Morgan fingerprint density at radius 2 is 2.00 bits per heavy atom. The van der Waals surface area contributed by atoms with Crippen molar-refractivity contribution in [1.82, 2.24) is 0 Å². The molecule has 0 heteroatoms. The Morgan fingerprint density at radius 1 is 1.29 bits per heavy atom. The van der Waals surface area contributed by atoms with Crippen molar-refractivity contribution in [3.8, 4) is 0 Å². The van der Waals surface area contributed by atoms with E-state index in [9.17, 15) is 0 Å². The molecule has 0 amide bonds. The van der Waals surface area contributed by atoms with Gasteiger partial charge in [0.2, 0.25) is 0 Å². The highest BCUT2D eigenvalue weighted by atomic mass is 14.0. The lowest BCUT2D eigenvalue weighted by Gasteiger charge is -2.04. The summed E-state index contributed by atoms with van der Waals surface area (Å²) >= 11 is 0. The first-order valence-corrected chi connectivity index (χ1v) is 5.09. The Hall–Kier alpha value is -1.30. The maximum Gasteiger partial charge on any atom is -0.0163 e. The Kier molecular flexibility index (Phi) is 4.18. The van der Waals surface area contributed by atoms with Crippen LogP contribution in [-0.4, -0.2) is 0 Å². The van der Waals surface area contributed by atoms with Crippen LogP contribution in [0.25, 0.3) is 5.57 Å². The maximum atomic E-state index is 2.27. The number of rotatable bonds is 3. The second-order valence-electron chi connectivity index (χ2n) is 3.51. The van der Waals surface area contributed by atoms with Crippen molar-refractivity contribution < 1.29 is 0 Å². The van der Waals surface area contributed by atoms with Crippen LogP contribution in [-0.2, 0) is 0 Å². The minimum atomic E-state index is 1.02. The number of hydrogen-bond acceptors (Lipinski definition) is 0. The Labute approximate surface area is 87.0 Å². The van der Waals surface area contributed by atoms with Gasteiger partial charge in [0.05, 0.1) is 0 Å². The summed E-state index contributed by atoms with van der Waals surface area (Å²) in [6.45, 7) is 6.38. The van der Waals surface area contributed by atoms with E-state index in [4.69, 9.17) is 0 Å². The van der Waals surface area contributed by atoms with Crippen LogP contribution in [0.3, 0.4) is 0 Å². The average Bonchev–Trinajstić information content (AvgIpc) is 2.18. The predicted molar refractivity (Wildman–Crippen MR) is 64.3 cm³/mol. The highest BCUT2D eigenvalue weighted by Gasteiger charge is 1.97. The van der Waals surface area contributed by atoms with Crippen LogP contribution >= 0.6 is 0 Å². The van der Waals surface area contributed by atoms with E-state index >= 15 is 0 Å². The summed E-state index contributed by atoms with van der Waals surface area (Å²) in [4.78, 5) is 0. The van der Waals surface area contributed by atoms with E-state index in [1.807, 2.05) is 0 Å². The van der Waals surface area contributed by atoms with E-state index in [1.165, 1.54) is 16.7 Å². The van der Waals surface area contributed by atoms with Gasteiger partial charge < -0.3 is 0 Å². The lowest BCUT2D eigenvalue weighted by molar-refractivity contribution is 1.34. The third kappa shape index (κ3) is 2.88. The Bertz CT molecular complexity index is 343. The third-order valence-corrected chi connectivity index (χ3v) is 2.37. The molecule has 0 spiro atoms. The van der Waals surface area contributed by atoms with Gasteiger partial charge in [-0.3, -0.25) is 0 Å². The normalized spacial score (nSPS) is 12.4.